The molecule has 4 rings (SSSR count). The van der Waals surface area contributed by atoms with Crippen LogP contribution in [0.15, 0.2) is 34.9 Å². The SMILES string of the molecule is Cc1nc(Cl)c2nnc(-c3coc4ccccc34)n2c1C. The molecular formula is C15H11ClN4O. The first kappa shape index (κ1) is 12.3. The van der Waals surface area contributed by atoms with Crippen LogP contribution in [0.1, 0.15) is 11.4 Å². The van der Waals surface area contributed by atoms with E-state index in [1.54, 1.807) is 6.26 Å². The molecule has 1 aromatic carbocycles. The number of rotatable bonds is 1. The van der Waals surface area contributed by atoms with Crippen LogP contribution in [-0.4, -0.2) is 19.6 Å². The van der Waals surface area contributed by atoms with Crippen LogP contribution in [0.5, 0.6) is 0 Å². The van der Waals surface area contributed by atoms with E-state index in [0.717, 1.165) is 27.9 Å². The smallest absolute Gasteiger partial charge is 0.199 e. The molecule has 0 amide bonds. The van der Waals surface area contributed by atoms with Crippen LogP contribution < -0.4 is 0 Å². The lowest BCUT2D eigenvalue weighted by atomic mass is 10.1. The van der Waals surface area contributed by atoms with Gasteiger partial charge in [0, 0.05) is 11.1 Å². The third-order valence-electron chi connectivity index (χ3n) is 3.69. The van der Waals surface area contributed by atoms with E-state index in [2.05, 4.69) is 15.2 Å². The Bertz CT molecular complexity index is 986. The number of halogens is 1. The fourth-order valence-corrected chi connectivity index (χ4v) is 2.75. The number of benzene rings is 1. The van der Waals surface area contributed by atoms with Gasteiger partial charge in [0.15, 0.2) is 16.6 Å². The lowest BCUT2D eigenvalue weighted by molar-refractivity contribution is 0.616. The number of furan rings is 1. The van der Waals surface area contributed by atoms with Gasteiger partial charge in [-0.25, -0.2) is 4.98 Å². The average molecular weight is 299 g/mol. The molecule has 5 nitrogen and oxygen atoms in total. The molecule has 0 saturated heterocycles. The largest absolute Gasteiger partial charge is 0.464 e. The first-order chi connectivity index (χ1) is 10.2. The van der Waals surface area contributed by atoms with Crippen LogP contribution >= 0.6 is 11.6 Å². The molecule has 4 aromatic rings. The number of nitrogens with zero attached hydrogens (tertiary/aromatic N) is 4. The molecule has 3 heterocycles. The van der Waals surface area contributed by atoms with Crippen molar-refractivity contribution < 1.29 is 4.42 Å². The van der Waals surface area contributed by atoms with Gasteiger partial charge in [-0.2, -0.15) is 0 Å². The van der Waals surface area contributed by atoms with Crippen LogP contribution in [0.3, 0.4) is 0 Å². The molecule has 3 aromatic heterocycles. The summed E-state index contributed by atoms with van der Waals surface area (Å²) in [6, 6.07) is 7.83. The third-order valence-corrected chi connectivity index (χ3v) is 3.95. The molecule has 104 valence electrons. The molecule has 0 saturated carbocycles. The highest BCUT2D eigenvalue weighted by molar-refractivity contribution is 6.32. The van der Waals surface area contributed by atoms with E-state index in [1.807, 2.05) is 42.5 Å². The zero-order chi connectivity index (χ0) is 14.6. The summed E-state index contributed by atoms with van der Waals surface area (Å²) in [6.07, 6.45) is 1.70. The normalized spacial score (nSPS) is 11.6. The average Bonchev–Trinajstić information content (AvgIpc) is 3.08. The van der Waals surface area contributed by atoms with Crippen molar-refractivity contribution >= 4 is 28.2 Å². The number of hydrogen-bond donors (Lipinski definition) is 0. The number of para-hydroxylation sites is 1. The summed E-state index contributed by atoms with van der Waals surface area (Å²) in [5.41, 5.74) is 4.07. The molecule has 0 aliphatic carbocycles. The van der Waals surface area contributed by atoms with E-state index in [9.17, 15) is 0 Å². The van der Waals surface area contributed by atoms with Gasteiger partial charge < -0.3 is 4.42 Å². The summed E-state index contributed by atoms with van der Waals surface area (Å²) in [4.78, 5) is 4.28. The van der Waals surface area contributed by atoms with Gasteiger partial charge in [0.2, 0.25) is 0 Å². The van der Waals surface area contributed by atoms with E-state index in [4.69, 9.17) is 16.0 Å². The minimum absolute atomic E-state index is 0.352. The second kappa shape index (κ2) is 4.30. The van der Waals surface area contributed by atoms with E-state index in [1.165, 1.54) is 0 Å². The van der Waals surface area contributed by atoms with Crippen molar-refractivity contribution in [3.05, 3.63) is 47.1 Å². The van der Waals surface area contributed by atoms with Crippen LogP contribution in [0, 0.1) is 13.8 Å². The Labute approximate surface area is 125 Å². The highest BCUT2D eigenvalue weighted by atomic mass is 35.5. The van der Waals surface area contributed by atoms with Gasteiger partial charge in [0.1, 0.15) is 11.8 Å². The Balaban J connectivity index is 2.12. The van der Waals surface area contributed by atoms with Gasteiger partial charge in [0.25, 0.3) is 0 Å². The number of fused-ring (bicyclic) bond motifs is 2. The van der Waals surface area contributed by atoms with Gasteiger partial charge in [-0.1, -0.05) is 29.8 Å². The minimum atomic E-state index is 0.352. The Morgan fingerprint density at radius 3 is 2.81 bits per heavy atom. The molecule has 0 bridgehead atoms. The lowest BCUT2D eigenvalue weighted by Crippen LogP contribution is -2.00. The Morgan fingerprint density at radius 1 is 1.14 bits per heavy atom. The van der Waals surface area contributed by atoms with E-state index in [-0.39, 0.29) is 0 Å². The van der Waals surface area contributed by atoms with Crippen LogP contribution in [0.2, 0.25) is 5.15 Å². The predicted octanol–water partition coefficient (Wildman–Crippen LogP) is 3.81. The number of aromatic nitrogens is 4. The molecule has 0 unspecified atom stereocenters. The fraction of sp³-hybridized carbons (Fsp3) is 0.133. The van der Waals surface area contributed by atoms with Crippen LogP contribution in [0.25, 0.3) is 28.0 Å². The zero-order valence-corrected chi connectivity index (χ0v) is 12.2. The molecule has 0 fully saturated rings. The monoisotopic (exact) mass is 298 g/mol. The van der Waals surface area contributed by atoms with Crippen molar-refractivity contribution in [1.29, 1.82) is 0 Å². The molecule has 0 aliphatic heterocycles. The standard InChI is InChI=1S/C15H11ClN4O/c1-8-9(2)20-14(18-19-15(20)13(16)17-8)11-7-21-12-6-4-3-5-10(11)12/h3-7H,1-2H3. The molecular weight excluding hydrogens is 288 g/mol. The second-order valence-electron chi connectivity index (χ2n) is 4.90. The van der Waals surface area contributed by atoms with Gasteiger partial charge >= 0.3 is 0 Å². The zero-order valence-electron chi connectivity index (χ0n) is 11.5. The van der Waals surface area contributed by atoms with Crippen molar-refractivity contribution in [2.24, 2.45) is 0 Å². The molecule has 0 spiro atoms. The number of hydrogen-bond acceptors (Lipinski definition) is 4. The van der Waals surface area contributed by atoms with Crippen molar-refractivity contribution in [3.8, 4) is 11.4 Å². The maximum atomic E-state index is 6.17. The summed E-state index contributed by atoms with van der Waals surface area (Å²) in [5.74, 6) is 0.708. The van der Waals surface area contributed by atoms with Crippen molar-refractivity contribution in [3.63, 3.8) is 0 Å². The summed E-state index contributed by atoms with van der Waals surface area (Å²) < 4.78 is 7.51. The lowest BCUT2D eigenvalue weighted by Gasteiger charge is -2.06. The number of aryl methyl sites for hydroxylation is 2. The van der Waals surface area contributed by atoms with Crippen LogP contribution in [0.4, 0.5) is 0 Å². The molecule has 6 heteroatoms. The molecule has 0 radical (unpaired) electrons. The molecule has 0 N–H and O–H groups in total. The summed E-state index contributed by atoms with van der Waals surface area (Å²) >= 11 is 6.17. The highest BCUT2D eigenvalue weighted by Gasteiger charge is 2.18. The maximum Gasteiger partial charge on any atom is 0.199 e. The molecule has 21 heavy (non-hydrogen) atoms. The van der Waals surface area contributed by atoms with Crippen molar-refractivity contribution in [2.45, 2.75) is 13.8 Å². The summed E-state index contributed by atoms with van der Waals surface area (Å²) in [5, 5.41) is 9.79. The Kier molecular flexibility index (Phi) is 2.53. The van der Waals surface area contributed by atoms with Crippen molar-refractivity contribution in [2.75, 3.05) is 0 Å². The summed E-state index contributed by atoms with van der Waals surface area (Å²) in [6.45, 7) is 3.89. The minimum Gasteiger partial charge on any atom is -0.464 e. The van der Waals surface area contributed by atoms with Gasteiger partial charge in [-0.3, -0.25) is 4.40 Å². The van der Waals surface area contributed by atoms with Crippen molar-refractivity contribution in [1.82, 2.24) is 19.6 Å². The van der Waals surface area contributed by atoms with E-state index >= 15 is 0 Å². The Morgan fingerprint density at radius 2 is 1.95 bits per heavy atom. The first-order valence-electron chi connectivity index (χ1n) is 6.51. The topological polar surface area (TPSA) is 56.2 Å². The van der Waals surface area contributed by atoms with Gasteiger partial charge in [-0.05, 0) is 19.9 Å². The predicted molar refractivity (Wildman–Crippen MR) is 80.5 cm³/mol. The molecule has 0 atom stereocenters. The molecule has 0 aliphatic rings. The second-order valence-corrected chi connectivity index (χ2v) is 5.26. The summed E-state index contributed by atoms with van der Waals surface area (Å²) in [7, 11) is 0. The van der Waals surface area contributed by atoms with Gasteiger partial charge in [-0.15, -0.1) is 10.2 Å². The van der Waals surface area contributed by atoms with E-state index < -0.39 is 0 Å². The third kappa shape index (κ3) is 1.67. The maximum absolute atomic E-state index is 6.17. The van der Waals surface area contributed by atoms with Crippen LogP contribution in [-0.2, 0) is 0 Å². The first-order valence-corrected chi connectivity index (χ1v) is 6.89. The quantitative estimate of drug-likeness (QED) is 0.536. The Hall–Kier alpha value is -2.40. The van der Waals surface area contributed by atoms with E-state index in [0.29, 0.717) is 16.6 Å². The fourth-order valence-electron chi connectivity index (χ4n) is 2.50. The van der Waals surface area contributed by atoms with Gasteiger partial charge in [0.05, 0.1) is 11.3 Å². The highest BCUT2D eigenvalue weighted by Crippen LogP contribution is 2.31.